The molecule has 0 fully saturated rings. The minimum absolute atomic E-state index is 0.149. The monoisotopic (exact) mass is 379 g/mol. The highest BCUT2D eigenvalue weighted by molar-refractivity contribution is 5.94. The van der Waals surface area contributed by atoms with Gasteiger partial charge in [-0.05, 0) is 49.1 Å². The van der Waals surface area contributed by atoms with E-state index < -0.39 is 5.82 Å². The van der Waals surface area contributed by atoms with E-state index in [1.54, 1.807) is 24.1 Å². The Morgan fingerprint density at radius 3 is 2.71 bits per heavy atom. The van der Waals surface area contributed by atoms with Gasteiger partial charge < -0.3 is 9.64 Å². The number of aromatic nitrogens is 2. The van der Waals surface area contributed by atoms with Crippen molar-refractivity contribution in [1.82, 2.24) is 14.7 Å². The molecule has 0 radical (unpaired) electrons. The van der Waals surface area contributed by atoms with Crippen LogP contribution in [-0.4, -0.2) is 34.7 Å². The molecule has 0 unspecified atom stereocenters. The molecule has 1 heterocycles. The van der Waals surface area contributed by atoms with Crippen molar-refractivity contribution in [2.24, 2.45) is 0 Å². The van der Waals surface area contributed by atoms with Crippen molar-refractivity contribution >= 4 is 5.91 Å². The summed E-state index contributed by atoms with van der Waals surface area (Å²) in [6, 6.07) is 14.6. The van der Waals surface area contributed by atoms with Gasteiger partial charge in [0.15, 0.2) is 17.3 Å². The van der Waals surface area contributed by atoms with E-state index in [1.165, 1.54) is 13.2 Å². The molecule has 0 spiro atoms. The molecule has 4 rings (SSSR count). The highest BCUT2D eigenvalue weighted by atomic mass is 19.1. The molecule has 1 aliphatic rings. The lowest BCUT2D eigenvalue weighted by Crippen LogP contribution is -2.27. The van der Waals surface area contributed by atoms with Gasteiger partial charge in [-0.25, -0.2) is 9.07 Å². The van der Waals surface area contributed by atoms with Gasteiger partial charge in [0.2, 0.25) is 0 Å². The van der Waals surface area contributed by atoms with Gasteiger partial charge in [0.05, 0.1) is 12.8 Å². The van der Waals surface area contributed by atoms with Crippen LogP contribution in [0, 0.1) is 5.82 Å². The number of benzene rings is 2. The Hall–Kier alpha value is -3.15. The number of hydrogen-bond donors (Lipinski definition) is 0. The average Bonchev–Trinajstić information content (AvgIpc) is 3.31. The largest absolute Gasteiger partial charge is 0.494 e. The van der Waals surface area contributed by atoms with Gasteiger partial charge >= 0.3 is 0 Å². The first kappa shape index (κ1) is 18.2. The van der Waals surface area contributed by atoms with E-state index in [1.807, 2.05) is 35.0 Å². The molecule has 1 aromatic heterocycles. The van der Waals surface area contributed by atoms with E-state index in [0.717, 1.165) is 36.2 Å². The standard InChI is InChI=1S/C22H22FN3O2/c1-25(14-15-11-12-20(28-2)18(23)13-15)22(27)21-17-9-6-10-19(17)26(24-21)16-7-4-3-5-8-16/h3-5,7-8,11-13H,6,9-10,14H2,1-2H3. The predicted octanol–water partition coefficient (Wildman–Crippen LogP) is 3.78. The minimum atomic E-state index is -0.435. The van der Waals surface area contributed by atoms with Crippen LogP contribution in [0.1, 0.15) is 33.7 Å². The summed E-state index contributed by atoms with van der Waals surface area (Å²) >= 11 is 0. The Labute approximate surface area is 163 Å². The number of carbonyl (C=O) groups is 1. The lowest BCUT2D eigenvalue weighted by Gasteiger charge is -2.17. The second-order valence-corrected chi connectivity index (χ2v) is 7.00. The van der Waals surface area contributed by atoms with Crippen molar-refractivity contribution in [1.29, 1.82) is 0 Å². The van der Waals surface area contributed by atoms with Crippen molar-refractivity contribution in [2.75, 3.05) is 14.2 Å². The van der Waals surface area contributed by atoms with Crippen LogP contribution in [0.25, 0.3) is 5.69 Å². The molecule has 0 atom stereocenters. The summed E-state index contributed by atoms with van der Waals surface area (Å²) in [5.74, 6) is -0.392. The molecule has 1 aliphatic carbocycles. The number of carbonyl (C=O) groups excluding carboxylic acids is 1. The molecule has 6 heteroatoms. The van der Waals surface area contributed by atoms with Crippen molar-refractivity contribution in [3.8, 4) is 11.4 Å². The highest BCUT2D eigenvalue weighted by Crippen LogP contribution is 2.28. The number of methoxy groups -OCH3 is 1. The summed E-state index contributed by atoms with van der Waals surface area (Å²) in [5.41, 5.74) is 4.29. The third-order valence-electron chi connectivity index (χ3n) is 5.12. The number of para-hydroxylation sites is 1. The predicted molar refractivity (Wildman–Crippen MR) is 104 cm³/mol. The van der Waals surface area contributed by atoms with E-state index in [4.69, 9.17) is 4.74 Å². The number of nitrogens with zero attached hydrogens (tertiary/aromatic N) is 3. The fourth-order valence-corrected chi connectivity index (χ4v) is 3.73. The molecule has 144 valence electrons. The van der Waals surface area contributed by atoms with Crippen LogP contribution >= 0.6 is 0 Å². The van der Waals surface area contributed by atoms with Crippen molar-refractivity contribution in [2.45, 2.75) is 25.8 Å². The van der Waals surface area contributed by atoms with E-state index >= 15 is 0 Å². The number of hydrogen-bond acceptors (Lipinski definition) is 3. The number of amides is 1. The maximum absolute atomic E-state index is 14.0. The molecule has 3 aromatic rings. The zero-order valence-electron chi connectivity index (χ0n) is 16.0. The van der Waals surface area contributed by atoms with Crippen molar-refractivity contribution < 1.29 is 13.9 Å². The van der Waals surface area contributed by atoms with Gasteiger partial charge in [0.1, 0.15) is 0 Å². The second-order valence-electron chi connectivity index (χ2n) is 7.00. The molecule has 0 bridgehead atoms. The molecular formula is C22H22FN3O2. The minimum Gasteiger partial charge on any atom is -0.494 e. The summed E-state index contributed by atoms with van der Waals surface area (Å²) < 4.78 is 20.8. The highest BCUT2D eigenvalue weighted by Gasteiger charge is 2.28. The van der Waals surface area contributed by atoms with Gasteiger partial charge in [-0.1, -0.05) is 24.3 Å². The van der Waals surface area contributed by atoms with Crippen LogP contribution in [0.15, 0.2) is 48.5 Å². The third-order valence-corrected chi connectivity index (χ3v) is 5.12. The Bertz CT molecular complexity index is 1010. The molecule has 0 aliphatic heterocycles. The van der Waals surface area contributed by atoms with E-state index in [2.05, 4.69) is 5.10 Å². The van der Waals surface area contributed by atoms with E-state index in [0.29, 0.717) is 17.8 Å². The molecular weight excluding hydrogens is 357 g/mol. The van der Waals surface area contributed by atoms with Crippen LogP contribution in [0.2, 0.25) is 0 Å². The lowest BCUT2D eigenvalue weighted by molar-refractivity contribution is 0.0777. The number of ether oxygens (including phenoxy) is 1. The molecule has 1 amide bonds. The van der Waals surface area contributed by atoms with Gasteiger partial charge in [-0.2, -0.15) is 5.10 Å². The van der Waals surface area contributed by atoms with Gasteiger partial charge in [-0.15, -0.1) is 0 Å². The molecule has 0 saturated heterocycles. The Morgan fingerprint density at radius 2 is 2.00 bits per heavy atom. The van der Waals surface area contributed by atoms with Crippen molar-refractivity contribution in [3.05, 3.63) is 76.9 Å². The number of halogens is 1. The topological polar surface area (TPSA) is 47.4 Å². The Morgan fingerprint density at radius 1 is 1.21 bits per heavy atom. The SMILES string of the molecule is COc1ccc(CN(C)C(=O)c2nn(-c3ccccc3)c3c2CCC3)cc1F. The quantitative estimate of drug-likeness (QED) is 0.678. The first-order chi connectivity index (χ1) is 13.6. The Kier molecular flexibility index (Phi) is 4.86. The van der Waals surface area contributed by atoms with Gasteiger partial charge in [-0.3, -0.25) is 4.79 Å². The maximum atomic E-state index is 14.0. The van der Waals surface area contributed by atoms with Gasteiger partial charge in [0.25, 0.3) is 5.91 Å². The van der Waals surface area contributed by atoms with Gasteiger partial charge in [0, 0.05) is 24.8 Å². The van der Waals surface area contributed by atoms with Crippen LogP contribution in [0.4, 0.5) is 4.39 Å². The fourth-order valence-electron chi connectivity index (χ4n) is 3.73. The smallest absolute Gasteiger partial charge is 0.274 e. The molecule has 28 heavy (non-hydrogen) atoms. The summed E-state index contributed by atoms with van der Waals surface area (Å²) in [7, 11) is 3.14. The number of rotatable bonds is 5. The normalized spacial score (nSPS) is 12.7. The molecule has 0 saturated carbocycles. The molecule has 0 N–H and O–H groups in total. The van der Waals surface area contributed by atoms with Crippen LogP contribution in [0.5, 0.6) is 5.75 Å². The summed E-state index contributed by atoms with van der Waals surface area (Å²) in [4.78, 5) is 14.7. The number of fused-ring (bicyclic) bond motifs is 1. The summed E-state index contributed by atoms with van der Waals surface area (Å²) in [6.45, 7) is 0.298. The maximum Gasteiger partial charge on any atom is 0.274 e. The molecule has 2 aromatic carbocycles. The first-order valence-electron chi connectivity index (χ1n) is 9.32. The zero-order chi connectivity index (χ0) is 19.7. The van der Waals surface area contributed by atoms with Crippen LogP contribution in [-0.2, 0) is 19.4 Å². The third kappa shape index (κ3) is 3.26. The van der Waals surface area contributed by atoms with E-state index in [9.17, 15) is 9.18 Å². The second kappa shape index (κ2) is 7.46. The zero-order valence-corrected chi connectivity index (χ0v) is 16.0. The first-order valence-corrected chi connectivity index (χ1v) is 9.32. The lowest BCUT2D eigenvalue weighted by atomic mass is 10.1. The van der Waals surface area contributed by atoms with Crippen molar-refractivity contribution in [3.63, 3.8) is 0 Å². The summed E-state index contributed by atoms with van der Waals surface area (Å²) in [6.07, 6.45) is 2.79. The Balaban J connectivity index is 1.60. The molecule has 5 nitrogen and oxygen atoms in total. The van der Waals surface area contributed by atoms with Crippen LogP contribution in [0.3, 0.4) is 0 Å². The van der Waals surface area contributed by atoms with E-state index in [-0.39, 0.29) is 11.7 Å². The average molecular weight is 379 g/mol. The van der Waals surface area contributed by atoms with Crippen LogP contribution < -0.4 is 4.74 Å². The fraction of sp³-hybridized carbons (Fsp3) is 0.273. The summed E-state index contributed by atoms with van der Waals surface area (Å²) in [5, 5.41) is 4.64.